The molecule has 0 aliphatic rings. The van der Waals surface area contributed by atoms with Crippen molar-refractivity contribution in [3.63, 3.8) is 0 Å². The normalized spacial score (nSPS) is 12.9. The van der Waals surface area contributed by atoms with E-state index in [1.54, 1.807) is 48.5 Å². The third kappa shape index (κ3) is 16.5. The first kappa shape index (κ1) is 49.9. The molecule has 0 aromatic heterocycles. The number of nitrogens with two attached hydrogens (primary N) is 2. The van der Waals surface area contributed by atoms with Crippen molar-refractivity contribution in [1.82, 2.24) is 5.32 Å². The number of carbonyl (C=O) groups excluding carboxylic acids is 1. The van der Waals surface area contributed by atoms with Crippen LogP contribution in [-0.4, -0.2) is 29.3 Å². The highest BCUT2D eigenvalue weighted by Gasteiger charge is 2.43. The quantitative estimate of drug-likeness (QED) is 0.0546. The number of alkyl carbamates (subject to hydrolysis) is 1. The second-order valence-corrected chi connectivity index (χ2v) is 20.5. The first-order chi connectivity index (χ1) is 28.0. The standard InChI is InChI=1S/C44H59N4O5P.C2HF3O2/c1-41(2,3)29-43(7,8)33-18-24-36(25-19-33)52-54(50,53-37-26-20-34(21-27-37)44(9,10)30-42(4,5)6)38(32-16-22-35(23-17-32)47-39(45)46)48-40(49)51-28-31-14-12-11-13-15-31;3-2(4,5)1(6)7/h11-27,38H,28-30H2,1-10H3,(H,48,49)(H4,45,46,47);(H,6,7). The Bertz CT molecular complexity index is 2050. The Labute approximate surface area is 357 Å². The zero-order valence-corrected chi connectivity index (χ0v) is 37.5. The number of hydrogen-bond donors (Lipinski definition) is 4. The van der Waals surface area contributed by atoms with Gasteiger partial charge in [0.25, 0.3) is 0 Å². The molecule has 332 valence electrons. The van der Waals surface area contributed by atoms with E-state index in [2.05, 4.69) is 79.5 Å². The lowest BCUT2D eigenvalue weighted by Crippen LogP contribution is -2.31. The summed E-state index contributed by atoms with van der Waals surface area (Å²) >= 11 is 0. The Kier molecular flexibility index (Phi) is 16.3. The minimum absolute atomic E-state index is 0.00641. The van der Waals surface area contributed by atoms with E-state index in [1.165, 1.54) is 0 Å². The number of carboxylic acid groups (broad SMARTS) is 1. The predicted molar refractivity (Wildman–Crippen MR) is 234 cm³/mol. The number of rotatable bonds is 14. The maximum absolute atomic E-state index is 15.5. The lowest BCUT2D eigenvalue weighted by Gasteiger charge is -2.33. The molecule has 1 amide bonds. The van der Waals surface area contributed by atoms with Crippen LogP contribution in [0.25, 0.3) is 0 Å². The molecule has 11 nitrogen and oxygen atoms in total. The average Bonchev–Trinajstić information content (AvgIpc) is 3.12. The number of carbonyl (C=O) groups is 2. The van der Waals surface area contributed by atoms with Gasteiger partial charge in [0.1, 0.15) is 18.1 Å². The second-order valence-electron chi connectivity index (χ2n) is 18.6. The first-order valence-corrected chi connectivity index (χ1v) is 21.3. The molecule has 1 unspecified atom stereocenters. The van der Waals surface area contributed by atoms with Gasteiger partial charge in [-0.25, -0.2) is 19.1 Å². The monoisotopic (exact) mass is 868 g/mol. The molecule has 4 aromatic rings. The first-order valence-electron chi connectivity index (χ1n) is 19.7. The third-order valence-electron chi connectivity index (χ3n) is 9.17. The van der Waals surface area contributed by atoms with E-state index in [4.69, 9.17) is 35.2 Å². The van der Waals surface area contributed by atoms with Gasteiger partial charge in [0.15, 0.2) is 11.7 Å². The van der Waals surface area contributed by atoms with E-state index in [-0.39, 0.29) is 34.2 Å². The number of alkyl halides is 3. The summed E-state index contributed by atoms with van der Waals surface area (Å²) in [5.74, 6) is -3.53. The molecule has 6 N–H and O–H groups in total. The number of carboxylic acids is 1. The molecule has 61 heavy (non-hydrogen) atoms. The van der Waals surface area contributed by atoms with Crippen molar-refractivity contribution >= 4 is 31.3 Å². The number of guanidine groups is 1. The van der Waals surface area contributed by atoms with Crippen molar-refractivity contribution in [2.45, 2.75) is 111 Å². The van der Waals surface area contributed by atoms with Crippen LogP contribution in [0.4, 0.5) is 23.7 Å². The molecular formula is C46H60F3N4O7P. The highest BCUT2D eigenvalue weighted by atomic mass is 31.2. The molecule has 4 aromatic carbocycles. The highest BCUT2D eigenvalue weighted by molar-refractivity contribution is 7.55. The summed E-state index contributed by atoms with van der Waals surface area (Å²) in [4.78, 5) is 26.5. The van der Waals surface area contributed by atoms with Crippen molar-refractivity contribution in [1.29, 1.82) is 0 Å². The fourth-order valence-corrected chi connectivity index (χ4v) is 9.19. The molecule has 0 aliphatic carbocycles. The van der Waals surface area contributed by atoms with Gasteiger partial charge in [0.2, 0.25) is 0 Å². The maximum atomic E-state index is 15.5. The molecule has 0 fully saturated rings. The average molecular weight is 869 g/mol. The van der Waals surface area contributed by atoms with Crippen LogP contribution in [-0.2, 0) is 31.5 Å². The fraction of sp³-hybridized carbons (Fsp3) is 0.413. The van der Waals surface area contributed by atoms with E-state index in [1.807, 2.05) is 54.6 Å². The van der Waals surface area contributed by atoms with Gasteiger partial charge in [-0.3, -0.25) is 0 Å². The lowest BCUT2D eigenvalue weighted by molar-refractivity contribution is -0.192. The molecule has 4 rings (SSSR count). The summed E-state index contributed by atoms with van der Waals surface area (Å²) in [6.45, 7) is 22.2. The Balaban J connectivity index is 0.00000130. The van der Waals surface area contributed by atoms with Crippen LogP contribution in [0.2, 0.25) is 0 Å². The van der Waals surface area contributed by atoms with Crippen molar-refractivity contribution in [2.75, 3.05) is 0 Å². The summed E-state index contributed by atoms with van der Waals surface area (Å²) in [7, 11) is -4.36. The van der Waals surface area contributed by atoms with Gasteiger partial charge in [0, 0.05) is 0 Å². The lowest BCUT2D eigenvalue weighted by atomic mass is 9.72. The van der Waals surface area contributed by atoms with E-state index >= 15 is 4.57 Å². The number of aliphatic imine (C=N–C) groups is 1. The summed E-state index contributed by atoms with van der Waals surface area (Å²) in [5.41, 5.74) is 15.1. The van der Waals surface area contributed by atoms with Crippen molar-refractivity contribution in [3.05, 3.63) is 125 Å². The molecule has 0 radical (unpaired) electrons. The minimum Gasteiger partial charge on any atom is -0.475 e. The van der Waals surface area contributed by atoms with Gasteiger partial charge in [-0.2, -0.15) is 13.2 Å². The number of nitrogens with zero attached hydrogens (tertiary/aromatic N) is 1. The Hall–Kier alpha value is -5.49. The molecule has 0 saturated heterocycles. The van der Waals surface area contributed by atoms with Crippen molar-refractivity contribution in [2.24, 2.45) is 27.3 Å². The second kappa shape index (κ2) is 19.9. The van der Waals surface area contributed by atoms with Crippen LogP contribution >= 0.6 is 7.60 Å². The smallest absolute Gasteiger partial charge is 0.475 e. The zero-order valence-electron chi connectivity index (χ0n) is 36.6. The van der Waals surface area contributed by atoms with Gasteiger partial charge in [0.05, 0.1) is 5.69 Å². The van der Waals surface area contributed by atoms with Crippen LogP contribution in [0.5, 0.6) is 11.5 Å². The number of halogens is 3. The summed E-state index contributed by atoms with van der Waals surface area (Å²) in [5, 5.41) is 9.93. The number of nitrogens with one attached hydrogen (secondary N) is 1. The third-order valence-corrected chi connectivity index (χ3v) is 11.2. The highest BCUT2D eigenvalue weighted by Crippen LogP contribution is 2.59. The van der Waals surface area contributed by atoms with Gasteiger partial charge in [-0.05, 0) is 93.2 Å². The zero-order chi connectivity index (χ0) is 46.0. The van der Waals surface area contributed by atoms with E-state index in [0.717, 1.165) is 29.5 Å². The molecule has 0 spiro atoms. The van der Waals surface area contributed by atoms with Gasteiger partial charge >= 0.3 is 25.8 Å². The van der Waals surface area contributed by atoms with Gasteiger partial charge in [-0.15, -0.1) is 0 Å². The van der Waals surface area contributed by atoms with Crippen molar-refractivity contribution in [3.8, 4) is 11.5 Å². The van der Waals surface area contributed by atoms with E-state index in [0.29, 0.717) is 22.7 Å². The Morgan fingerprint density at radius 3 is 1.46 bits per heavy atom. The van der Waals surface area contributed by atoms with Crippen LogP contribution in [0.1, 0.15) is 110 Å². The number of hydrogen-bond acceptors (Lipinski definition) is 7. The van der Waals surface area contributed by atoms with Crippen molar-refractivity contribution < 1.29 is 46.2 Å². The molecule has 0 bridgehead atoms. The largest absolute Gasteiger partial charge is 0.490 e. The Morgan fingerprint density at radius 1 is 0.689 bits per heavy atom. The Morgan fingerprint density at radius 2 is 1.10 bits per heavy atom. The van der Waals surface area contributed by atoms with Crippen LogP contribution in [0, 0.1) is 10.8 Å². The number of benzene rings is 4. The topological polar surface area (TPSA) is 176 Å². The predicted octanol–water partition coefficient (Wildman–Crippen LogP) is 11.9. The summed E-state index contributed by atoms with van der Waals surface area (Å²) in [6, 6.07) is 31.0. The summed E-state index contributed by atoms with van der Waals surface area (Å²) < 4.78 is 65.6. The number of ether oxygens (including phenoxy) is 1. The SMILES string of the molecule is CC(C)(C)CC(C)(C)c1ccc(OP(=O)(Oc2ccc(C(C)(C)CC(C)(C)C)cc2)C(NC(=O)OCc2ccccc2)c2ccc(N=C(N)N)cc2)cc1.O=C(O)C(F)(F)F. The fourth-order valence-electron chi connectivity index (χ4n) is 7.31. The minimum atomic E-state index is -5.08. The molecule has 0 saturated carbocycles. The van der Waals surface area contributed by atoms with Crippen LogP contribution < -0.4 is 25.8 Å². The maximum Gasteiger partial charge on any atom is 0.490 e. The van der Waals surface area contributed by atoms with Crippen LogP contribution in [0.3, 0.4) is 0 Å². The van der Waals surface area contributed by atoms with Gasteiger partial charge < -0.3 is 35.7 Å². The van der Waals surface area contributed by atoms with Crippen LogP contribution in [0.15, 0.2) is 108 Å². The number of amides is 1. The molecule has 0 aliphatic heterocycles. The molecule has 0 heterocycles. The van der Waals surface area contributed by atoms with Gasteiger partial charge in [-0.1, -0.05) is 136 Å². The summed E-state index contributed by atoms with van der Waals surface area (Å²) in [6.07, 6.45) is -3.97. The molecule has 1 atom stereocenters. The molecule has 15 heteroatoms. The van der Waals surface area contributed by atoms with E-state index in [9.17, 15) is 18.0 Å². The number of aliphatic carboxylic acids is 1. The van der Waals surface area contributed by atoms with E-state index < -0.39 is 31.6 Å². The molecular weight excluding hydrogens is 808 g/mol.